The van der Waals surface area contributed by atoms with E-state index in [4.69, 9.17) is 0 Å². The van der Waals surface area contributed by atoms with Gasteiger partial charge in [0.1, 0.15) is 0 Å². The lowest BCUT2D eigenvalue weighted by Crippen LogP contribution is -1.99. The predicted octanol–water partition coefficient (Wildman–Crippen LogP) is 3.80. The molecule has 0 aromatic rings. The average molecular weight is 206 g/mol. The van der Waals surface area contributed by atoms with E-state index in [2.05, 4.69) is 30.8 Å². The molecule has 0 heterocycles. The van der Waals surface area contributed by atoms with Crippen LogP contribution >= 0.6 is 0 Å². The summed E-state index contributed by atoms with van der Waals surface area (Å²) < 4.78 is 0. The summed E-state index contributed by atoms with van der Waals surface area (Å²) in [5.74, 6) is 0. The summed E-state index contributed by atoms with van der Waals surface area (Å²) in [6.07, 6.45) is 4.92. The van der Waals surface area contributed by atoms with Gasteiger partial charge in [0.15, 0.2) is 0 Å². The average Bonchev–Trinajstić information content (AvgIpc) is 2.24. The molecule has 0 fully saturated rings. The minimum atomic E-state index is 1.02. The Kier molecular flexibility index (Phi) is 6.59. The van der Waals surface area contributed by atoms with Gasteiger partial charge in [0.2, 0.25) is 0 Å². The molecule has 0 aliphatic heterocycles. The molecular formula is C13H22N2. The van der Waals surface area contributed by atoms with Gasteiger partial charge >= 0.3 is 0 Å². The molecule has 2 nitrogen and oxygen atoms in total. The highest BCUT2D eigenvalue weighted by Gasteiger charge is 1.98. The van der Waals surface area contributed by atoms with Crippen molar-refractivity contribution in [3.63, 3.8) is 0 Å². The van der Waals surface area contributed by atoms with E-state index in [1.165, 1.54) is 5.57 Å². The van der Waals surface area contributed by atoms with Crippen molar-refractivity contribution in [1.82, 2.24) is 0 Å². The maximum atomic E-state index is 4.57. The van der Waals surface area contributed by atoms with Crippen LogP contribution in [0.4, 0.5) is 0 Å². The highest BCUT2D eigenvalue weighted by atomic mass is 14.8. The lowest BCUT2D eigenvalue weighted by molar-refractivity contribution is 1.04. The summed E-state index contributed by atoms with van der Waals surface area (Å²) in [4.78, 5) is 8.58. The van der Waals surface area contributed by atoms with Gasteiger partial charge in [-0.05, 0) is 34.1 Å². The zero-order valence-electron chi connectivity index (χ0n) is 10.8. The third-order valence-electron chi connectivity index (χ3n) is 2.48. The van der Waals surface area contributed by atoms with Gasteiger partial charge in [-0.25, -0.2) is 0 Å². The first kappa shape index (κ1) is 13.8. The third kappa shape index (κ3) is 4.73. The van der Waals surface area contributed by atoms with Crippen molar-refractivity contribution in [3.05, 3.63) is 22.9 Å². The Balaban J connectivity index is 5.00. The van der Waals surface area contributed by atoms with Crippen LogP contribution in [-0.2, 0) is 0 Å². The maximum Gasteiger partial charge on any atom is 0.0460 e. The number of allylic oxidation sites excluding steroid dienone is 4. The lowest BCUT2D eigenvalue weighted by atomic mass is 10.1. The van der Waals surface area contributed by atoms with E-state index >= 15 is 0 Å². The Hall–Kier alpha value is -1.18. The second-order valence-corrected chi connectivity index (χ2v) is 3.55. The minimum absolute atomic E-state index is 1.02. The summed E-state index contributed by atoms with van der Waals surface area (Å²) >= 11 is 0. The summed E-state index contributed by atoms with van der Waals surface area (Å²) in [6.45, 7) is 10.3. The fourth-order valence-corrected chi connectivity index (χ4v) is 1.18. The Labute approximate surface area is 93.5 Å². The van der Waals surface area contributed by atoms with Crippen LogP contribution < -0.4 is 0 Å². The van der Waals surface area contributed by atoms with Crippen molar-refractivity contribution < 1.29 is 0 Å². The van der Waals surface area contributed by atoms with Crippen molar-refractivity contribution >= 4 is 11.9 Å². The topological polar surface area (TPSA) is 24.7 Å². The largest absolute Gasteiger partial charge is 0.296 e. The molecule has 0 rings (SSSR count). The number of nitrogens with zero attached hydrogens (tertiary/aromatic N) is 2. The quantitative estimate of drug-likeness (QED) is 0.625. The zero-order chi connectivity index (χ0) is 11.8. The molecule has 0 amide bonds. The molecule has 0 aliphatic carbocycles. The standard InChI is InChI=1S/C13H22N2/c1-7-10(3)11(4)15-12(5)13(8-2)9-14-6/h8-9H,7H2,1-6H3/b11-10-,13-8-,14-9-,15-12-. The number of hydrogen-bond acceptors (Lipinski definition) is 2. The number of hydrogen-bond donors (Lipinski definition) is 0. The van der Waals surface area contributed by atoms with Crippen LogP contribution in [0, 0.1) is 0 Å². The van der Waals surface area contributed by atoms with Crippen LogP contribution in [0.2, 0.25) is 0 Å². The van der Waals surface area contributed by atoms with E-state index in [1.54, 1.807) is 7.05 Å². The fourth-order valence-electron chi connectivity index (χ4n) is 1.18. The van der Waals surface area contributed by atoms with Crippen LogP contribution in [0.3, 0.4) is 0 Å². The second kappa shape index (κ2) is 7.16. The zero-order valence-corrected chi connectivity index (χ0v) is 10.8. The van der Waals surface area contributed by atoms with Crippen LogP contribution in [-0.4, -0.2) is 19.0 Å². The first-order valence-electron chi connectivity index (χ1n) is 5.37. The SMILES string of the molecule is C/C=C(/C=N\C)C(\C)=N/C(C)=C(/C)CC. The molecule has 0 radical (unpaired) electrons. The van der Waals surface area contributed by atoms with Crippen molar-refractivity contribution in [2.24, 2.45) is 9.98 Å². The van der Waals surface area contributed by atoms with Gasteiger partial charge in [0.05, 0.1) is 0 Å². The molecule has 0 saturated carbocycles. The van der Waals surface area contributed by atoms with Crippen molar-refractivity contribution in [1.29, 1.82) is 0 Å². The van der Waals surface area contributed by atoms with Crippen molar-refractivity contribution in [3.8, 4) is 0 Å². The summed E-state index contributed by atoms with van der Waals surface area (Å²) in [5.41, 5.74) is 4.55. The Morgan fingerprint density at radius 1 is 1.20 bits per heavy atom. The van der Waals surface area contributed by atoms with Gasteiger partial charge < -0.3 is 0 Å². The van der Waals surface area contributed by atoms with Crippen LogP contribution in [0.5, 0.6) is 0 Å². The first-order chi connectivity index (χ1) is 7.06. The molecule has 0 atom stereocenters. The molecule has 0 saturated heterocycles. The fraction of sp³-hybridized carbons (Fsp3) is 0.538. The molecule has 0 aromatic carbocycles. The molecular weight excluding hydrogens is 184 g/mol. The molecule has 0 aromatic heterocycles. The Bertz CT molecular complexity index is 317. The first-order valence-corrected chi connectivity index (χ1v) is 5.37. The monoisotopic (exact) mass is 206 g/mol. The van der Waals surface area contributed by atoms with Crippen molar-refractivity contribution in [2.45, 2.75) is 41.0 Å². The normalized spacial score (nSPS) is 15.9. The van der Waals surface area contributed by atoms with Gasteiger partial charge in [-0.15, -0.1) is 0 Å². The van der Waals surface area contributed by atoms with Gasteiger partial charge in [-0.2, -0.15) is 0 Å². The summed E-state index contributed by atoms with van der Waals surface area (Å²) in [5, 5.41) is 0. The van der Waals surface area contributed by atoms with E-state index in [0.717, 1.165) is 23.4 Å². The molecule has 0 aliphatic rings. The summed E-state index contributed by atoms with van der Waals surface area (Å²) in [6, 6.07) is 0. The highest BCUT2D eigenvalue weighted by molar-refractivity contribution is 6.15. The lowest BCUT2D eigenvalue weighted by Gasteiger charge is -2.03. The van der Waals surface area contributed by atoms with Crippen LogP contribution in [0.1, 0.15) is 41.0 Å². The molecule has 0 spiro atoms. The van der Waals surface area contributed by atoms with Gasteiger partial charge in [-0.3, -0.25) is 9.98 Å². The highest BCUT2D eigenvalue weighted by Crippen LogP contribution is 2.10. The van der Waals surface area contributed by atoms with Crippen molar-refractivity contribution in [2.75, 3.05) is 7.05 Å². The van der Waals surface area contributed by atoms with Crippen LogP contribution in [0.15, 0.2) is 32.9 Å². The van der Waals surface area contributed by atoms with Gasteiger partial charge in [0, 0.05) is 30.2 Å². The van der Waals surface area contributed by atoms with Gasteiger partial charge in [-0.1, -0.05) is 18.6 Å². The van der Waals surface area contributed by atoms with E-state index in [-0.39, 0.29) is 0 Å². The minimum Gasteiger partial charge on any atom is -0.296 e. The summed E-state index contributed by atoms with van der Waals surface area (Å²) in [7, 11) is 1.77. The number of aliphatic imine (C=N–C) groups is 2. The van der Waals surface area contributed by atoms with E-state index in [1.807, 2.05) is 26.1 Å². The maximum absolute atomic E-state index is 4.57. The second-order valence-electron chi connectivity index (χ2n) is 3.55. The Morgan fingerprint density at radius 3 is 2.20 bits per heavy atom. The molecule has 0 unspecified atom stereocenters. The molecule has 84 valence electrons. The molecule has 0 bridgehead atoms. The molecule has 2 heteroatoms. The smallest absolute Gasteiger partial charge is 0.0460 e. The van der Waals surface area contributed by atoms with E-state index in [0.29, 0.717) is 0 Å². The third-order valence-corrected chi connectivity index (χ3v) is 2.48. The van der Waals surface area contributed by atoms with Gasteiger partial charge in [0.25, 0.3) is 0 Å². The van der Waals surface area contributed by atoms with Crippen LogP contribution in [0.25, 0.3) is 0 Å². The number of rotatable bonds is 4. The predicted molar refractivity (Wildman–Crippen MR) is 69.9 cm³/mol. The van der Waals surface area contributed by atoms with E-state index in [9.17, 15) is 0 Å². The molecule has 0 N–H and O–H groups in total. The molecule has 15 heavy (non-hydrogen) atoms. The Morgan fingerprint density at radius 2 is 1.80 bits per heavy atom. The van der Waals surface area contributed by atoms with E-state index < -0.39 is 0 Å².